The predicted octanol–water partition coefficient (Wildman–Crippen LogP) is 7.28. The summed E-state index contributed by atoms with van der Waals surface area (Å²) in [6.07, 6.45) is 1.06. The Morgan fingerprint density at radius 3 is 2.14 bits per heavy atom. The maximum Gasteiger partial charge on any atom is 0.180 e. The summed E-state index contributed by atoms with van der Waals surface area (Å²) in [6.45, 7) is 14.8. The van der Waals surface area contributed by atoms with E-state index in [4.69, 9.17) is 32.7 Å². The van der Waals surface area contributed by atoms with Gasteiger partial charge in [-0.25, -0.2) is 0 Å². The highest BCUT2D eigenvalue weighted by Gasteiger charge is 2.25. The molecule has 0 bridgehead atoms. The Morgan fingerprint density at radius 2 is 1.55 bits per heavy atom. The highest BCUT2D eigenvalue weighted by atomic mass is 35.5. The summed E-state index contributed by atoms with van der Waals surface area (Å²) in [5.74, 6) is 1.24. The van der Waals surface area contributed by atoms with E-state index in [0.29, 0.717) is 41.3 Å². The summed E-state index contributed by atoms with van der Waals surface area (Å²) in [7, 11) is 0. The van der Waals surface area contributed by atoms with Crippen LogP contribution in [0.1, 0.15) is 59.1 Å². The molecule has 0 atom stereocenters. The topological polar surface area (TPSA) is 30.5 Å². The van der Waals surface area contributed by atoms with Crippen molar-refractivity contribution in [3.8, 4) is 11.5 Å². The molecule has 1 N–H and O–H groups in total. The number of benzene rings is 2. The summed E-state index contributed by atoms with van der Waals surface area (Å²) in [5.41, 5.74) is 2.35. The van der Waals surface area contributed by atoms with Gasteiger partial charge in [-0.05, 0) is 68.0 Å². The van der Waals surface area contributed by atoms with Crippen LogP contribution in [0, 0.1) is 5.41 Å². The molecule has 5 heteroatoms. The van der Waals surface area contributed by atoms with Crippen molar-refractivity contribution < 1.29 is 9.47 Å². The Morgan fingerprint density at radius 1 is 0.897 bits per heavy atom. The average molecular weight is 438 g/mol. The number of ether oxygens (including phenoxy) is 2. The third kappa shape index (κ3) is 8.08. The molecule has 0 amide bonds. The Bertz CT molecular complexity index is 796. The lowest BCUT2D eigenvalue weighted by Gasteiger charge is -2.33. The Labute approximate surface area is 185 Å². The normalized spacial score (nSPS) is 12.1. The molecular weight excluding hydrogens is 405 g/mol. The number of hydrogen-bond donors (Lipinski definition) is 1. The lowest BCUT2D eigenvalue weighted by atomic mass is 9.82. The minimum Gasteiger partial charge on any atom is -0.490 e. The summed E-state index contributed by atoms with van der Waals surface area (Å²) in [4.78, 5) is 0. The van der Waals surface area contributed by atoms with E-state index in [1.807, 2.05) is 43.3 Å². The number of rotatable bonds is 9. The standard InChI is InChI=1S/C24H33Cl2NO2/c1-7-28-21-13-18(14-27-24(5,6)16-23(2,3)4)12-20(26)22(21)29-15-17-8-10-19(25)11-9-17/h8-13,27H,7,14-16H2,1-6H3. The van der Waals surface area contributed by atoms with Crippen molar-refractivity contribution in [3.05, 3.63) is 57.6 Å². The molecule has 0 aliphatic carbocycles. The molecule has 0 saturated carbocycles. The van der Waals surface area contributed by atoms with E-state index < -0.39 is 0 Å². The molecule has 0 radical (unpaired) electrons. The minimum absolute atomic E-state index is 0.0141. The van der Waals surface area contributed by atoms with Crippen molar-refractivity contribution in [2.45, 2.75) is 66.7 Å². The summed E-state index contributed by atoms with van der Waals surface area (Å²) in [5, 5.41) is 4.90. The van der Waals surface area contributed by atoms with E-state index in [1.165, 1.54) is 0 Å². The maximum absolute atomic E-state index is 6.56. The Balaban J connectivity index is 2.13. The minimum atomic E-state index is 0.0141. The predicted molar refractivity (Wildman–Crippen MR) is 123 cm³/mol. The first-order valence-electron chi connectivity index (χ1n) is 10.1. The van der Waals surface area contributed by atoms with Crippen LogP contribution in [0.25, 0.3) is 0 Å². The SMILES string of the molecule is CCOc1cc(CNC(C)(C)CC(C)(C)C)cc(Cl)c1OCc1ccc(Cl)cc1. The van der Waals surface area contributed by atoms with Gasteiger partial charge in [0.05, 0.1) is 11.6 Å². The highest BCUT2D eigenvalue weighted by molar-refractivity contribution is 6.32. The van der Waals surface area contributed by atoms with Crippen molar-refractivity contribution >= 4 is 23.2 Å². The van der Waals surface area contributed by atoms with Crippen LogP contribution in [0.4, 0.5) is 0 Å². The zero-order valence-electron chi connectivity index (χ0n) is 18.4. The highest BCUT2D eigenvalue weighted by Crippen LogP contribution is 2.37. The van der Waals surface area contributed by atoms with Crippen LogP contribution in [-0.2, 0) is 13.2 Å². The van der Waals surface area contributed by atoms with Gasteiger partial charge in [-0.3, -0.25) is 0 Å². The summed E-state index contributed by atoms with van der Waals surface area (Å²) >= 11 is 12.5. The fraction of sp³-hybridized carbons (Fsp3) is 0.500. The van der Waals surface area contributed by atoms with Gasteiger partial charge < -0.3 is 14.8 Å². The number of nitrogens with one attached hydrogen (secondary N) is 1. The van der Waals surface area contributed by atoms with Crippen LogP contribution in [-0.4, -0.2) is 12.1 Å². The molecule has 0 saturated heterocycles. The Kier molecular flexibility index (Phi) is 8.28. The number of halogens is 2. The molecule has 0 heterocycles. The van der Waals surface area contributed by atoms with Crippen molar-refractivity contribution in [3.63, 3.8) is 0 Å². The summed E-state index contributed by atoms with van der Waals surface area (Å²) < 4.78 is 11.8. The molecule has 0 aliphatic heterocycles. The molecule has 29 heavy (non-hydrogen) atoms. The number of hydrogen-bond acceptors (Lipinski definition) is 3. The van der Waals surface area contributed by atoms with Gasteiger partial charge in [0.1, 0.15) is 6.61 Å². The van der Waals surface area contributed by atoms with Crippen LogP contribution in [0.2, 0.25) is 10.0 Å². The first-order chi connectivity index (χ1) is 13.5. The van der Waals surface area contributed by atoms with E-state index in [1.54, 1.807) is 0 Å². The van der Waals surface area contributed by atoms with Crippen molar-refractivity contribution in [1.29, 1.82) is 0 Å². The second kappa shape index (κ2) is 10.1. The first-order valence-corrected chi connectivity index (χ1v) is 10.8. The molecule has 2 aromatic carbocycles. The van der Waals surface area contributed by atoms with Crippen LogP contribution < -0.4 is 14.8 Å². The first kappa shape index (κ1) is 23.9. The molecular formula is C24H33Cl2NO2. The zero-order valence-corrected chi connectivity index (χ0v) is 19.9. The molecule has 160 valence electrons. The van der Waals surface area contributed by atoms with E-state index in [0.717, 1.165) is 17.5 Å². The fourth-order valence-corrected chi connectivity index (χ4v) is 4.01. The van der Waals surface area contributed by atoms with E-state index >= 15 is 0 Å². The van der Waals surface area contributed by atoms with Gasteiger partial charge in [-0.15, -0.1) is 0 Å². The van der Waals surface area contributed by atoms with Gasteiger partial charge >= 0.3 is 0 Å². The van der Waals surface area contributed by atoms with Crippen LogP contribution >= 0.6 is 23.2 Å². The third-order valence-corrected chi connectivity index (χ3v) is 4.94. The maximum atomic E-state index is 6.56. The smallest absolute Gasteiger partial charge is 0.180 e. The van der Waals surface area contributed by atoms with E-state index in [-0.39, 0.29) is 11.0 Å². The second-order valence-corrected chi connectivity index (χ2v) is 10.1. The molecule has 0 aliphatic rings. The van der Waals surface area contributed by atoms with Crippen LogP contribution in [0.5, 0.6) is 11.5 Å². The quantitative estimate of drug-likeness (QED) is 0.446. The van der Waals surface area contributed by atoms with Gasteiger partial charge in [-0.2, -0.15) is 0 Å². The fourth-order valence-electron chi connectivity index (χ4n) is 3.59. The second-order valence-electron chi connectivity index (χ2n) is 9.23. The molecule has 0 spiro atoms. The van der Waals surface area contributed by atoms with E-state index in [9.17, 15) is 0 Å². The third-order valence-electron chi connectivity index (χ3n) is 4.41. The molecule has 0 unspecified atom stereocenters. The van der Waals surface area contributed by atoms with E-state index in [2.05, 4.69) is 39.9 Å². The van der Waals surface area contributed by atoms with Gasteiger partial charge in [0.25, 0.3) is 0 Å². The van der Waals surface area contributed by atoms with Crippen molar-refractivity contribution in [1.82, 2.24) is 5.32 Å². The Hall–Kier alpha value is -1.42. The molecule has 0 aromatic heterocycles. The average Bonchev–Trinajstić information content (AvgIpc) is 2.59. The van der Waals surface area contributed by atoms with Gasteiger partial charge in [0, 0.05) is 17.1 Å². The largest absolute Gasteiger partial charge is 0.490 e. The lowest BCUT2D eigenvalue weighted by Crippen LogP contribution is -2.41. The molecule has 0 fully saturated rings. The van der Waals surface area contributed by atoms with Crippen molar-refractivity contribution in [2.75, 3.05) is 6.61 Å². The lowest BCUT2D eigenvalue weighted by molar-refractivity contribution is 0.240. The van der Waals surface area contributed by atoms with Gasteiger partial charge in [-0.1, -0.05) is 56.1 Å². The van der Waals surface area contributed by atoms with Crippen LogP contribution in [0.15, 0.2) is 36.4 Å². The van der Waals surface area contributed by atoms with Gasteiger partial charge in [0.2, 0.25) is 0 Å². The summed E-state index contributed by atoms with van der Waals surface area (Å²) in [6, 6.07) is 11.5. The van der Waals surface area contributed by atoms with Crippen molar-refractivity contribution in [2.24, 2.45) is 5.41 Å². The van der Waals surface area contributed by atoms with Crippen LogP contribution in [0.3, 0.4) is 0 Å². The molecule has 2 rings (SSSR count). The zero-order chi connectivity index (χ0) is 21.7. The molecule has 3 nitrogen and oxygen atoms in total. The monoisotopic (exact) mass is 437 g/mol. The molecule has 2 aromatic rings. The van der Waals surface area contributed by atoms with Gasteiger partial charge in [0.15, 0.2) is 11.5 Å².